The van der Waals surface area contributed by atoms with Crippen LogP contribution >= 0.6 is 0 Å². The predicted molar refractivity (Wildman–Crippen MR) is 81.7 cm³/mol. The molecule has 0 heterocycles. The molecule has 1 fully saturated rings. The molecular weight excluding hydrogens is 250 g/mol. The standard InChI is InChI=1S/C17H25NO2/c1-13-5-7-14(8-6-13)12-20-16-4-2-3-15(11-16)17(19)9-10-18/h2-4,11,14,17,19H,1,5-10,12,18H2/t17-/m1/s1. The Hall–Kier alpha value is -1.32. The normalized spacial score (nSPS) is 18.0. The van der Waals surface area contributed by atoms with E-state index < -0.39 is 6.10 Å². The predicted octanol–water partition coefficient (Wildman–Crippen LogP) is 3.19. The number of allylic oxidation sites excluding steroid dienone is 1. The molecule has 1 aliphatic carbocycles. The number of hydrogen-bond donors (Lipinski definition) is 2. The molecule has 110 valence electrons. The Kier molecular flexibility index (Phi) is 5.62. The lowest BCUT2D eigenvalue weighted by molar-refractivity contribution is 0.169. The molecule has 1 aromatic carbocycles. The third-order valence-electron chi connectivity index (χ3n) is 3.98. The summed E-state index contributed by atoms with van der Waals surface area (Å²) in [5, 5.41) is 9.95. The van der Waals surface area contributed by atoms with Crippen LogP contribution in [0.5, 0.6) is 5.75 Å². The minimum atomic E-state index is -0.499. The average Bonchev–Trinajstić information content (AvgIpc) is 2.47. The van der Waals surface area contributed by atoms with Crippen molar-refractivity contribution < 1.29 is 9.84 Å². The van der Waals surface area contributed by atoms with Crippen LogP contribution in [0.1, 0.15) is 43.8 Å². The largest absolute Gasteiger partial charge is 0.493 e. The second kappa shape index (κ2) is 7.46. The van der Waals surface area contributed by atoms with Gasteiger partial charge in [-0.25, -0.2) is 0 Å². The molecular formula is C17H25NO2. The van der Waals surface area contributed by atoms with Crippen LogP contribution in [0.15, 0.2) is 36.4 Å². The fourth-order valence-corrected chi connectivity index (χ4v) is 2.60. The molecule has 0 amide bonds. The molecule has 3 N–H and O–H groups in total. The summed E-state index contributed by atoms with van der Waals surface area (Å²) in [7, 11) is 0. The molecule has 1 saturated carbocycles. The van der Waals surface area contributed by atoms with Crippen LogP contribution in [-0.2, 0) is 0 Å². The number of ether oxygens (including phenoxy) is 1. The van der Waals surface area contributed by atoms with E-state index in [1.807, 2.05) is 24.3 Å². The molecule has 0 saturated heterocycles. The molecule has 3 nitrogen and oxygen atoms in total. The summed E-state index contributed by atoms with van der Waals surface area (Å²) in [5.41, 5.74) is 7.72. The number of rotatable bonds is 6. The Labute approximate surface area is 121 Å². The SMILES string of the molecule is C=C1CCC(COc2cccc([C@H](O)CCN)c2)CC1. The highest BCUT2D eigenvalue weighted by atomic mass is 16.5. The van der Waals surface area contributed by atoms with Gasteiger partial charge in [-0.15, -0.1) is 0 Å². The van der Waals surface area contributed by atoms with E-state index >= 15 is 0 Å². The van der Waals surface area contributed by atoms with Crippen LogP contribution in [0.3, 0.4) is 0 Å². The van der Waals surface area contributed by atoms with E-state index in [9.17, 15) is 5.11 Å². The molecule has 1 aliphatic rings. The van der Waals surface area contributed by atoms with Crippen molar-refractivity contribution in [1.82, 2.24) is 0 Å². The molecule has 1 atom stereocenters. The first kappa shape index (κ1) is 15.1. The van der Waals surface area contributed by atoms with Crippen LogP contribution in [0.2, 0.25) is 0 Å². The van der Waals surface area contributed by atoms with E-state index in [2.05, 4.69) is 6.58 Å². The Morgan fingerprint density at radius 1 is 1.35 bits per heavy atom. The average molecular weight is 275 g/mol. The van der Waals surface area contributed by atoms with E-state index in [1.54, 1.807) is 0 Å². The van der Waals surface area contributed by atoms with E-state index in [0.29, 0.717) is 18.9 Å². The van der Waals surface area contributed by atoms with Crippen LogP contribution in [0, 0.1) is 5.92 Å². The summed E-state index contributed by atoms with van der Waals surface area (Å²) in [5.74, 6) is 1.46. The lowest BCUT2D eigenvalue weighted by atomic mass is 9.87. The second-order valence-electron chi connectivity index (χ2n) is 5.67. The third-order valence-corrected chi connectivity index (χ3v) is 3.98. The van der Waals surface area contributed by atoms with Gasteiger partial charge in [0.2, 0.25) is 0 Å². The Morgan fingerprint density at radius 3 is 2.80 bits per heavy atom. The van der Waals surface area contributed by atoms with Crippen molar-refractivity contribution in [2.75, 3.05) is 13.2 Å². The van der Waals surface area contributed by atoms with E-state index in [1.165, 1.54) is 18.4 Å². The maximum absolute atomic E-state index is 9.95. The molecule has 0 radical (unpaired) electrons. The lowest BCUT2D eigenvalue weighted by Gasteiger charge is -2.23. The quantitative estimate of drug-likeness (QED) is 0.784. The minimum absolute atomic E-state index is 0.484. The van der Waals surface area contributed by atoms with Crippen molar-refractivity contribution in [3.8, 4) is 5.75 Å². The zero-order valence-electron chi connectivity index (χ0n) is 12.1. The molecule has 0 bridgehead atoms. The topological polar surface area (TPSA) is 55.5 Å². The summed E-state index contributed by atoms with van der Waals surface area (Å²) in [6.07, 6.45) is 4.69. The molecule has 20 heavy (non-hydrogen) atoms. The van der Waals surface area contributed by atoms with Crippen LogP contribution in [-0.4, -0.2) is 18.3 Å². The van der Waals surface area contributed by atoms with Gasteiger partial charge in [0.1, 0.15) is 5.75 Å². The van der Waals surface area contributed by atoms with Gasteiger partial charge >= 0.3 is 0 Å². The van der Waals surface area contributed by atoms with Gasteiger partial charge < -0.3 is 15.6 Å². The van der Waals surface area contributed by atoms with Gasteiger partial charge in [0.25, 0.3) is 0 Å². The minimum Gasteiger partial charge on any atom is -0.493 e. The van der Waals surface area contributed by atoms with Crippen molar-refractivity contribution in [3.63, 3.8) is 0 Å². The number of hydrogen-bond acceptors (Lipinski definition) is 3. The first-order valence-corrected chi connectivity index (χ1v) is 7.46. The number of nitrogens with two attached hydrogens (primary N) is 1. The number of benzene rings is 1. The highest BCUT2D eigenvalue weighted by Gasteiger charge is 2.16. The van der Waals surface area contributed by atoms with Gasteiger partial charge in [-0.3, -0.25) is 0 Å². The lowest BCUT2D eigenvalue weighted by Crippen LogP contribution is -2.16. The van der Waals surface area contributed by atoms with E-state index in [4.69, 9.17) is 10.5 Å². The summed E-state index contributed by atoms with van der Waals surface area (Å²) < 4.78 is 5.88. The Balaban J connectivity index is 1.86. The van der Waals surface area contributed by atoms with Crippen molar-refractivity contribution in [2.24, 2.45) is 11.7 Å². The van der Waals surface area contributed by atoms with Crippen molar-refractivity contribution >= 4 is 0 Å². The van der Waals surface area contributed by atoms with Crippen molar-refractivity contribution in [3.05, 3.63) is 42.0 Å². The smallest absolute Gasteiger partial charge is 0.119 e. The fraction of sp³-hybridized carbons (Fsp3) is 0.529. The van der Waals surface area contributed by atoms with Crippen molar-refractivity contribution in [1.29, 1.82) is 0 Å². The first-order chi connectivity index (χ1) is 9.69. The third kappa shape index (κ3) is 4.36. The number of aliphatic hydroxyl groups excluding tert-OH is 1. The van der Waals surface area contributed by atoms with Gasteiger partial charge in [0.15, 0.2) is 0 Å². The van der Waals surface area contributed by atoms with Gasteiger partial charge in [-0.2, -0.15) is 0 Å². The fourth-order valence-electron chi connectivity index (χ4n) is 2.60. The molecule has 1 aromatic rings. The van der Waals surface area contributed by atoms with Gasteiger partial charge in [-0.05, 0) is 62.3 Å². The van der Waals surface area contributed by atoms with Crippen LogP contribution in [0.4, 0.5) is 0 Å². The molecule has 0 unspecified atom stereocenters. The van der Waals surface area contributed by atoms with E-state index in [-0.39, 0.29) is 0 Å². The van der Waals surface area contributed by atoms with Gasteiger partial charge in [-0.1, -0.05) is 24.3 Å². The molecule has 0 aromatic heterocycles. The van der Waals surface area contributed by atoms with Crippen LogP contribution in [0.25, 0.3) is 0 Å². The maximum atomic E-state index is 9.95. The van der Waals surface area contributed by atoms with Crippen LogP contribution < -0.4 is 10.5 Å². The summed E-state index contributed by atoms with van der Waals surface area (Å²) in [6.45, 7) is 5.27. The van der Waals surface area contributed by atoms with E-state index in [0.717, 1.165) is 30.8 Å². The summed E-state index contributed by atoms with van der Waals surface area (Å²) >= 11 is 0. The zero-order chi connectivity index (χ0) is 14.4. The zero-order valence-corrected chi connectivity index (χ0v) is 12.1. The highest BCUT2D eigenvalue weighted by molar-refractivity contribution is 5.29. The van der Waals surface area contributed by atoms with Gasteiger partial charge in [0, 0.05) is 0 Å². The first-order valence-electron chi connectivity index (χ1n) is 7.46. The highest BCUT2D eigenvalue weighted by Crippen LogP contribution is 2.28. The Bertz CT molecular complexity index is 434. The summed E-state index contributed by atoms with van der Waals surface area (Å²) in [6, 6.07) is 7.70. The maximum Gasteiger partial charge on any atom is 0.119 e. The second-order valence-corrected chi connectivity index (χ2v) is 5.67. The molecule has 3 heteroatoms. The van der Waals surface area contributed by atoms with Gasteiger partial charge in [0.05, 0.1) is 12.7 Å². The molecule has 0 aliphatic heterocycles. The summed E-state index contributed by atoms with van der Waals surface area (Å²) in [4.78, 5) is 0. The monoisotopic (exact) mass is 275 g/mol. The Morgan fingerprint density at radius 2 is 2.10 bits per heavy atom. The number of aliphatic hydroxyl groups is 1. The molecule has 0 spiro atoms. The molecule has 2 rings (SSSR count). The van der Waals surface area contributed by atoms with Crippen molar-refractivity contribution in [2.45, 2.75) is 38.2 Å².